The van der Waals surface area contributed by atoms with Gasteiger partial charge in [0, 0.05) is 0 Å². The van der Waals surface area contributed by atoms with Crippen molar-refractivity contribution in [2.45, 2.75) is 11.4 Å². The highest BCUT2D eigenvalue weighted by Crippen LogP contribution is 2.21. The van der Waals surface area contributed by atoms with E-state index in [1.807, 2.05) is 0 Å². The zero-order valence-corrected chi connectivity index (χ0v) is 8.88. The SMILES string of the molecule is CC(Cl)(Cl)OOC(=O)c1ccccc1. The van der Waals surface area contributed by atoms with Crippen molar-refractivity contribution in [1.29, 1.82) is 0 Å². The molecule has 0 heterocycles. The fourth-order valence-corrected chi connectivity index (χ4v) is 0.796. The summed E-state index contributed by atoms with van der Waals surface area (Å²) in [5, 5.41) is 0. The van der Waals surface area contributed by atoms with Crippen molar-refractivity contribution >= 4 is 29.2 Å². The van der Waals surface area contributed by atoms with E-state index in [0.29, 0.717) is 5.56 Å². The lowest BCUT2D eigenvalue weighted by Gasteiger charge is -2.11. The Hall–Kier alpha value is -0.770. The van der Waals surface area contributed by atoms with E-state index in [9.17, 15) is 4.79 Å². The molecule has 1 aromatic carbocycles. The monoisotopic (exact) mass is 234 g/mol. The maximum atomic E-state index is 11.2. The van der Waals surface area contributed by atoms with Crippen LogP contribution >= 0.6 is 23.2 Å². The minimum absolute atomic E-state index is 0.366. The van der Waals surface area contributed by atoms with E-state index >= 15 is 0 Å². The first-order valence-corrected chi connectivity index (χ1v) is 4.57. The third-order valence-electron chi connectivity index (χ3n) is 1.27. The quantitative estimate of drug-likeness (QED) is 0.459. The molecule has 0 aliphatic rings. The van der Waals surface area contributed by atoms with E-state index in [-0.39, 0.29) is 0 Å². The van der Waals surface area contributed by atoms with Crippen LogP contribution in [-0.2, 0) is 9.78 Å². The second-order valence-electron chi connectivity index (χ2n) is 2.63. The molecule has 0 saturated heterocycles. The van der Waals surface area contributed by atoms with Gasteiger partial charge in [-0.1, -0.05) is 41.4 Å². The number of carbonyl (C=O) groups is 1. The maximum Gasteiger partial charge on any atom is 0.373 e. The highest BCUT2D eigenvalue weighted by Gasteiger charge is 2.21. The van der Waals surface area contributed by atoms with Crippen LogP contribution in [0.5, 0.6) is 0 Å². The molecule has 0 spiro atoms. The molecule has 0 unspecified atom stereocenters. The van der Waals surface area contributed by atoms with Crippen molar-refractivity contribution in [3.8, 4) is 0 Å². The fourth-order valence-electron chi connectivity index (χ4n) is 0.733. The number of carbonyl (C=O) groups excluding carboxylic acids is 1. The molecule has 0 radical (unpaired) electrons. The molecule has 0 aromatic heterocycles. The Bertz CT molecular complexity index is 306. The van der Waals surface area contributed by atoms with Gasteiger partial charge in [0.1, 0.15) is 0 Å². The number of alkyl halides is 2. The number of hydrogen-bond donors (Lipinski definition) is 0. The minimum Gasteiger partial charge on any atom is -0.290 e. The first kappa shape index (κ1) is 11.3. The van der Waals surface area contributed by atoms with Crippen LogP contribution in [0.2, 0.25) is 0 Å². The largest absolute Gasteiger partial charge is 0.373 e. The first-order chi connectivity index (χ1) is 6.49. The van der Waals surface area contributed by atoms with Gasteiger partial charge in [0.15, 0.2) is 0 Å². The number of benzene rings is 1. The van der Waals surface area contributed by atoms with Gasteiger partial charge in [0.05, 0.1) is 5.56 Å². The van der Waals surface area contributed by atoms with E-state index in [4.69, 9.17) is 23.2 Å². The summed E-state index contributed by atoms with van der Waals surface area (Å²) in [5.74, 6) is -0.641. The van der Waals surface area contributed by atoms with E-state index in [1.54, 1.807) is 30.3 Å². The van der Waals surface area contributed by atoms with Crippen molar-refractivity contribution in [2.75, 3.05) is 0 Å². The van der Waals surface area contributed by atoms with Gasteiger partial charge in [-0.05, 0) is 19.1 Å². The Morgan fingerprint density at radius 2 is 1.86 bits per heavy atom. The Kier molecular flexibility index (Phi) is 3.75. The molecule has 1 rings (SSSR count). The summed E-state index contributed by atoms with van der Waals surface area (Å²) in [5.41, 5.74) is 0.366. The third-order valence-corrected chi connectivity index (χ3v) is 1.40. The van der Waals surface area contributed by atoms with Crippen LogP contribution in [0.4, 0.5) is 0 Å². The van der Waals surface area contributed by atoms with Gasteiger partial charge >= 0.3 is 5.97 Å². The molecule has 14 heavy (non-hydrogen) atoms. The van der Waals surface area contributed by atoms with Gasteiger partial charge in [-0.2, -0.15) is 0 Å². The minimum atomic E-state index is -1.54. The van der Waals surface area contributed by atoms with Crippen LogP contribution in [0, 0.1) is 0 Å². The Morgan fingerprint density at radius 3 is 2.36 bits per heavy atom. The molecule has 0 saturated carbocycles. The van der Waals surface area contributed by atoms with Crippen molar-refractivity contribution < 1.29 is 14.6 Å². The van der Waals surface area contributed by atoms with Gasteiger partial charge in [0.25, 0.3) is 4.52 Å². The second-order valence-corrected chi connectivity index (χ2v) is 4.26. The Labute approximate surface area is 91.5 Å². The summed E-state index contributed by atoms with van der Waals surface area (Å²) >= 11 is 10.9. The normalized spacial score (nSPS) is 11.1. The predicted molar refractivity (Wildman–Crippen MR) is 53.1 cm³/mol. The zero-order chi connectivity index (χ0) is 10.6. The summed E-state index contributed by atoms with van der Waals surface area (Å²) in [6, 6.07) is 8.37. The van der Waals surface area contributed by atoms with Gasteiger partial charge < -0.3 is 0 Å². The average Bonchev–Trinajstić information content (AvgIpc) is 2.14. The molecule has 0 atom stereocenters. The van der Waals surface area contributed by atoms with Crippen molar-refractivity contribution in [2.24, 2.45) is 0 Å². The lowest BCUT2D eigenvalue weighted by molar-refractivity contribution is -0.262. The summed E-state index contributed by atoms with van der Waals surface area (Å²) in [4.78, 5) is 20.0. The number of rotatable bonds is 3. The lowest BCUT2D eigenvalue weighted by Crippen LogP contribution is -2.16. The van der Waals surface area contributed by atoms with Gasteiger partial charge in [0.2, 0.25) is 0 Å². The second kappa shape index (κ2) is 4.64. The first-order valence-electron chi connectivity index (χ1n) is 3.82. The van der Waals surface area contributed by atoms with E-state index < -0.39 is 10.5 Å². The summed E-state index contributed by atoms with van der Waals surface area (Å²) in [6.45, 7) is 1.34. The average molecular weight is 235 g/mol. The highest BCUT2D eigenvalue weighted by molar-refractivity contribution is 6.46. The van der Waals surface area contributed by atoms with Crippen LogP contribution in [0.25, 0.3) is 0 Å². The number of halogens is 2. The molecule has 0 bridgehead atoms. The van der Waals surface area contributed by atoms with Gasteiger partial charge in [-0.3, -0.25) is 4.89 Å². The molecule has 5 heteroatoms. The smallest absolute Gasteiger partial charge is 0.290 e. The Balaban J connectivity index is 2.52. The van der Waals surface area contributed by atoms with Crippen molar-refractivity contribution in [3.05, 3.63) is 35.9 Å². The summed E-state index contributed by atoms with van der Waals surface area (Å²) in [6.07, 6.45) is 0. The predicted octanol–water partition coefficient (Wildman–Crippen LogP) is 2.93. The summed E-state index contributed by atoms with van der Waals surface area (Å²) in [7, 11) is 0. The van der Waals surface area contributed by atoms with Crippen LogP contribution < -0.4 is 0 Å². The van der Waals surface area contributed by atoms with E-state index in [2.05, 4.69) is 9.78 Å². The number of hydrogen-bond acceptors (Lipinski definition) is 3. The highest BCUT2D eigenvalue weighted by atomic mass is 35.5. The van der Waals surface area contributed by atoms with Crippen LogP contribution in [0.1, 0.15) is 17.3 Å². The van der Waals surface area contributed by atoms with Crippen molar-refractivity contribution in [3.63, 3.8) is 0 Å². The molecule has 0 fully saturated rings. The van der Waals surface area contributed by atoms with E-state index in [1.165, 1.54) is 6.92 Å². The molecular weight excluding hydrogens is 227 g/mol. The fraction of sp³-hybridized carbons (Fsp3) is 0.222. The van der Waals surface area contributed by atoms with Crippen LogP contribution in [-0.4, -0.2) is 10.5 Å². The summed E-state index contributed by atoms with van der Waals surface area (Å²) < 4.78 is -1.54. The molecule has 76 valence electrons. The van der Waals surface area contributed by atoms with Crippen LogP contribution in [0.15, 0.2) is 30.3 Å². The molecular formula is C9H8Cl2O3. The molecule has 0 N–H and O–H groups in total. The zero-order valence-electron chi connectivity index (χ0n) is 7.37. The third kappa shape index (κ3) is 3.96. The molecule has 3 nitrogen and oxygen atoms in total. The molecule has 1 aromatic rings. The molecule has 0 aliphatic heterocycles. The maximum absolute atomic E-state index is 11.2. The van der Waals surface area contributed by atoms with Crippen molar-refractivity contribution in [1.82, 2.24) is 0 Å². The topological polar surface area (TPSA) is 35.5 Å². The molecule has 0 amide bonds. The van der Waals surface area contributed by atoms with E-state index in [0.717, 1.165) is 0 Å². The van der Waals surface area contributed by atoms with Gasteiger partial charge in [-0.15, -0.1) is 4.89 Å². The lowest BCUT2D eigenvalue weighted by atomic mass is 10.2. The van der Waals surface area contributed by atoms with Crippen LogP contribution in [0.3, 0.4) is 0 Å². The van der Waals surface area contributed by atoms with Gasteiger partial charge in [-0.25, -0.2) is 4.79 Å². The Morgan fingerprint density at radius 1 is 1.29 bits per heavy atom. The standard InChI is InChI=1S/C9H8Cl2O3/c1-9(10,11)14-13-8(12)7-5-3-2-4-6-7/h2-6H,1H3. The molecule has 0 aliphatic carbocycles.